The predicted octanol–water partition coefficient (Wildman–Crippen LogP) is 2.50. The second-order valence-corrected chi connectivity index (χ2v) is 4.42. The van der Waals surface area contributed by atoms with Crippen molar-refractivity contribution in [3.63, 3.8) is 0 Å². The third-order valence-electron chi connectivity index (χ3n) is 3.16. The summed E-state index contributed by atoms with van der Waals surface area (Å²) in [5, 5.41) is 0. The summed E-state index contributed by atoms with van der Waals surface area (Å²) in [6, 6.07) is 5.81. The van der Waals surface area contributed by atoms with Crippen LogP contribution in [0.2, 0.25) is 0 Å². The number of aryl methyl sites for hydroxylation is 2. The summed E-state index contributed by atoms with van der Waals surface area (Å²) in [6.45, 7) is 6.01. The minimum Gasteiger partial charge on any atom is -0.469 e. The van der Waals surface area contributed by atoms with Crippen molar-refractivity contribution < 1.29 is 9.53 Å². The first kappa shape index (κ1) is 13.7. The fourth-order valence-electron chi connectivity index (χ4n) is 2.13. The van der Waals surface area contributed by atoms with E-state index >= 15 is 0 Å². The molecule has 0 spiro atoms. The maximum atomic E-state index is 11.6. The lowest BCUT2D eigenvalue weighted by molar-refractivity contribution is -0.146. The number of rotatable bonds is 4. The number of hydrogen-bond acceptors (Lipinski definition) is 3. The summed E-state index contributed by atoms with van der Waals surface area (Å²) >= 11 is 0. The van der Waals surface area contributed by atoms with E-state index in [0.29, 0.717) is 6.42 Å². The largest absolute Gasteiger partial charge is 0.469 e. The van der Waals surface area contributed by atoms with Gasteiger partial charge in [-0.3, -0.25) is 4.79 Å². The molecule has 3 nitrogen and oxygen atoms in total. The number of methoxy groups -OCH3 is 1. The third-order valence-corrected chi connectivity index (χ3v) is 3.16. The van der Waals surface area contributed by atoms with Crippen LogP contribution in [-0.4, -0.2) is 13.1 Å². The first-order valence-electron chi connectivity index (χ1n) is 5.91. The number of nitrogens with two attached hydrogens (primary N) is 1. The Labute approximate surface area is 103 Å². The number of carbonyl (C=O) groups excluding carboxylic acids is 1. The zero-order valence-corrected chi connectivity index (χ0v) is 11.0. The van der Waals surface area contributed by atoms with E-state index in [0.717, 1.165) is 11.1 Å². The van der Waals surface area contributed by atoms with Crippen LogP contribution < -0.4 is 5.73 Å². The molecule has 0 aliphatic heterocycles. The smallest absolute Gasteiger partial charge is 0.310 e. The standard InChI is InChI=1S/C14H21NO2/c1-5-11(14(16)17-4)13(15)12-7-6-9(2)8-10(12)3/h6-8,11,13H,5,15H2,1-4H3. The second-order valence-electron chi connectivity index (χ2n) is 4.42. The SMILES string of the molecule is CCC(C(=O)OC)C(N)c1ccc(C)cc1C. The van der Waals surface area contributed by atoms with E-state index in [1.54, 1.807) is 0 Å². The molecule has 0 aliphatic carbocycles. The number of benzene rings is 1. The zero-order valence-electron chi connectivity index (χ0n) is 11.0. The number of carbonyl (C=O) groups is 1. The molecule has 2 unspecified atom stereocenters. The van der Waals surface area contributed by atoms with Crippen LogP contribution >= 0.6 is 0 Å². The minimum absolute atomic E-state index is 0.236. The Bertz CT molecular complexity index is 401. The molecule has 0 fully saturated rings. The summed E-state index contributed by atoms with van der Waals surface area (Å²) in [7, 11) is 1.40. The van der Waals surface area contributed by atoms with Gasteiger partial charge in [-0.05, 0) is 31.4 Å². The van der Waals surface area contributed by atoms with E-state index in [9.17, 15) is 4.79 Å². The predicted molar refractivity (Wildman–Crippen MR) is 68.6 cm³/mol. The first-order valence-corrected chi connectivity index (χ1v) is 5.91. The van der Waals surface area contributed by atoms with E-state index in [-0.39, 0.29) is 17.9 Å². The molecule has 2 N–H and O–H groups in total. The maximum absolute atomic E-state index is 11.6. The number of esters is 1. The van der Waals surface area contributed by atoms with Crippen LogP contribution in [0.3, 0.4) is 0 Å². The molecule has 1 rings (SSSR count). The van der Waals surface area contributed by atoms with Gasteiger partial charge in [0.15, 0.2) is 0 Å². The fourth-order valence-corrected chi connectivity index (χ4v) is 2.13. The Morgan fingerprint density at radius 3 is 2.53 bits per heavy atom. The van der Waals surface area contributed by atoms with Crippen LogP contribution in [0.1, 0.15) is 36.1 Å². The van der Waals surface area contributed by atoms with E-state index in [1.807, 2.05) is 32.9 Å². The van der Waals surface area contributed by atoms with Gasteiger partial charge in [-0.25, -0.2) is 0 Å². The van der Waals surface area contributed by atoms with Crippen molar-refractivity contribution in [3.8, 4) is 0 Å². The molecule has 0 radical (unpaired) electrons. The minimum atomic E-state index is -0.298. The average Bonchev–Trinajstić information content (AvgIpc) is 2.29. The van der Waals surface area contributed by atoms with Crippen LogP contribution in [0.15, 0.2) is 18.2 Å². The Morgan fingerprint density at radius 2 is 2.06 bits per heavy atom. The normalized spacial score (nSPS) is 14.2. The number of hydrogen-bond donors (Lipinski definition) is 1. The summed E-state index contributed by atoms with van der Waals surface area (Å²) < 4.78 is 4.79. The Hall–Kier alpha value is -1.35. The molecular weight excluding hydrogens is 214 g/mol. The molecule has 94 valence electrons. The van der Waals surface area contributed by atoms with E-state index in [2.05, 4.69) is 6.07 Å². The molecule has 0 aromatic heterocycles. The van der Waals surface area contributed by atoms with E-state index < -0.39 is 0 Å². The van der Waals surface area contributed by atoms with Crippen molar-refractivity contribution in [1.29, 1.82) is 0 Å². The molecule has 3 heteroatoms. The molecule has 17 heavy (non-hydrogen) atoms. The summed E-state index contributed by atoms with van der Waals surface area (Å²) in [5.74, 6) is -0.513. The highest BCUT2D eigenvalue weighted by molar-refractivity contribution is 5.73. The van der Waals surface area contributed by atoms with Gasteiger partial charge < -0.3 is 10.5 Å². The van der Waals surface area contributed by atoms with Crippen molar-refractivity contribution in [2.75, 3.05) is 7.11 Å². The van der Waals surface area contributed by atoms with E-state index in [1.165, 1.54) is 12.7 Å². The highest BCUT2D eigenvalue weighted by Crippen LogP contribution is 2.26. The fraction of sp³-hybridized carbons (Fsp3) is 0.500. The summed E-state index contributed by atoms with van der Waals surface area (Å²) in [6.07, 6.45) is 0.682. The lowest BCUT2D eigenvalue weighted by Gasteiger charge is -2.22. The maximum Gasteiger partial charge on any atom is 0.310 e. The van der Waals surface area contributed by atoms with Gasteiger partial charge in [-0.1, -0.05) is 30.7 Å². The zero-order chi connectivity index (χ0) is 13.0. The average molecular weight is 235 g/mol. The molecule has 0 amide bonds. The van der Waals surface area contributed by atoms with E-state index in [4.69, 9.17) is 10.5 Å². The lowest BCUT2D eigenvalue weighted by atomic mass is 9.88. The number of ether oxygens (including phenoxy) is 1. The van der Waals surface area contributed by atoms with Gasteiger partial charge in [-0.2, -0.15) is 0 Å². The molecular formula is C14H21NO2. The van der Waals surface area contributed by atoms with Crippen LogP contribution in [0.25, 0.3) is 0 Å². The van der Waals surface area contributed by atoms with Crippen LogP contribution in [0, 0.1) is 19.8 Å². The quantitative estimate of drug-likeness (QED) is 0.816. The molecule has 2 atom stereocenters. The Kier molecular flexibility index (Phi) is 4.70. The Balaban J connectivity index is 3.01. The highest BCUT2D eigenvalue weighted by atomic mass is 16.5. The first-order chi connectivity index (χ1) is 8.01. The van der Waals surface area contributed by atoms with Crippen molar-refractivity contribution in [2.24, 2.45) is 11.7 Å². The summed E-state index contributed by atoms with van der Waals surface area (Å²) in [5.41, 5.74) is 9.52. The molecule has 0 bridgehead atoms. The third kappa shape index (κ3) is 3.07. The second kappa shape index (κ2) is 5.82. The topological polar surface area (TPSA) is 52.3 Å². The van der Waals surface area contributed by atoms with Gasteiger partial charge in [0.2, 0.25) is 0 Å². The van der Waals surface area contributed by atoms with Gasteiger partial charge >= 0.3 is 5.97 Å². The molecule has 0 aliphatic rings. The molecule has 1 aromatic carbocycles. The summed E-state index contributed by atoms with van der Waals surface area (Å²) in [4.78, 5) is 11.6. The van der Waals surface area contributed by atoms with Gasteiger partial charge in [0.05, 0.1) is 13.0 Å². The molecule has 0 heterocycles. The monoisotopic (exact) mass is 235 g/mol. The van der Waals surface area contributed by atoms with Gasteiger partial charge in [0.1, 0.15) is 0 Å². The van der Waals surface area contributed by atoms with Crippen molar-refractivity contribution >= 4 is 5.97 Å². The highest BCUT2D eigenvalue weighted by Gasteiger charge is 2.26. The van der Waals surface area contributed by atoms with Crippen molar-refractivity contribution in [2.45, 2.75) is 33.2 Å². The van der Waals surface area contributed by atoms with Gasteiger partial charge in [0, 0.05) is 6.04 Å². The van der Waals surface area contributed by atoms with Gasteiger partial charge in [-0.15, -0.1) is 0 Å². The van der Waals surface area contributed by atoms with Crippen LogP contribution in [-0.2, 0) is 9.53 Å². The Morgan fingerprint density at radius 1 is 1.41 bits per heavy atom. The molecule has 0 saturated heterocycles. The van der Waals surface area contributed by atoms with Gasteiger partial charge in [0.25, 0.3) is 0 Å². The van der Waals surface area contributed by atoms with Crippen LogP contribution in [0.4, 0.5) is 0 Å². The van der Waals surface area contributed by atoms with Crippen molar-refractivity contribution in [3.05, 3.63) is 34.9 Å². The van der Waals surface area contributed by atoms with Crippen molar-refractivity contribution in [1.82, 2.24) is 0 Å². The molecule has 0 saturated carbocycles. The lowest BCUT2D eigenvalue weighted by Crippen LogP contribution is -2.29. The van der Waals surface area contributed by atoms with Crippen LogP contribution in [0.5, 0.6) is 0 Å². The molecule has 1 aromatic rings.